The number of nitrogens with one attached hydrogen (secondary N) is 1. The Morgan fingerprint density at radius 2 is 1.67 bits per heavy atom. The van der Waals surface area contributed by atoms with Crippen LogP contribution in [0.4, 0.5) is 0 Å². The van der Waals surface area contributed by atoms with Crippen LogP contribution in [-0.2, 0) is 0 Å². The van der Waals surface area contributed by atoms with Gasteiger partial charge in [0.2, 0.25) is 0 Å². The highest BCUT2D eigenvalue weighted by Gasteiger charge is 2.22. The summed E-state index contributed by atoms with van der Waals surface area (Å²) in [6.45, 7) is 19.2. The molecule has 0 unspecified atom stereocenters. The van der Waals surface area contributed by atoms with E-state index in [1.54, 1.807) is 0 Å². The van der Waals surface area contributed by atoms with Crippen molar-refractivity contribution in [1.29, 1.82) is 0 Å². The fourth-order valence-electron chi connectivity index (χ4n) is 1.97. The molecule has 0 bridgehead atoms. The Bertz CT molecular complexity index is 162. The van der Waals surface area contributed by atoms with E-state index in [0.29, 0.717) is 6.04 Å². The molecule has 2 heteroatoms. The van der Waals surface area contributed by atoms with E-state index in [1.165, 1.54) is 6.54 Å². The summed E-state index contributed by atoms with van der Waals surface area (Å²) >= 11 is 0. The van der Waals surface area contributed by atoms with Crippen molar-refractivity contribution in [1.82, 2.24) is 10.2 Å². The van der Waals surface area contributed by atoms with Crippen LogP contribution >= 0.6 is 0 Å². The van der Waals surface area contributed by atoms with Gasteiger partial charge in [-0.05, 0) is 40.2 Å². The van der Waals surface area contributed by atoms with E-state index >= 15 is 0 Å². The zero-order chi connectivity index (χ0) is 12.1. The fraction of sp³-hybridized carbons (Fsp3) is 1.00. The van der Waals surface area contributed by atoms with Gasteiger partial charge in [0, 0.05) is 24.7 Å². The second-order valence-electron chi connectivity index (χ2n) is 5.83. The smallest absolute Gasteiger partial charge is 0.0252 e. The summed E-state index contributed by atoms with van der Waals surface area (Å²) in [6, 6.07) is 0.630. The lowest BCUT2D eigenvalue weighted by molar-refractivity contribution is 0.149. The van der Waals surface area contributed by atoms with Crippen molar-refractivity contribution in [2.45, 2.75) is 60.0 Å². The Morgan fingerprint density at radius 1 is 1.13 bits per heavy atom. The Hall–Kier alpha value is -0.0800. The van der Waals surface area contributed by atoms with Gasteiger partial charge in [-0.3, -0.25) is 4.90 Å². The highest BCUT2D eigenvalue weighted by molar-refractivity contribution is 4.82. The first-order valence-corrected chi connectivity index (χ1v) is 6.27. The average molecular weight is 214 g/mol. The van der Waals surface area contributed by atoms with Crippen molar-refractivity contribution >= 4 is 0 Å². The number of hydrogen-bond donors (Lipinski definition) is 1. The molecule has 2 nitrogen and oxygen atoms in total. The molecule has 0 fully saturated rings. The van der Waals surface area contributed by atoms with Gasteiger partial charge < -0.3 is 5.32 Å². The maximum atomic E-state index is 3.54. The van der Waals surface area contributed by atoms with Crippen LogP contribution in [0, 0.1) is 5.92 Å². The summed E-state index contributed by atoms with van der Waals surface area (Å²) in [5.41, 5.74) is 0.216. The zero-order valence-electron chi connectivity index (χ0n) is 11.7. The number of hydrogen-bond acceptors (Lipinski definition) is 2. The van der Waals surface area contributed by atoms with E-state index in [-0.39, 0.29) is 5.54 Å². The van der Waals surface area contributed by atoms with Gasteiger partial charge in [-0.2, -0.15) is 0 Å². The predicted octanol–water partition coefficient (Wildman–Crippen LogP) is 2.74. The second-order valence-corrected chi connectivity index (χ2v) is 5.83. The second kappa shape index (κ2) is 6.49. The first-order valence-electron chi connectivity index (χ1n) is 6.27. The van der Waals surface area contributed by atoms with Crippen LogP contribution in [0.2, 0.25) is 0 Å². The first kappa shape index (κ1) is 14.9. The molecule has 0 aromatic rings. The fourth-order valence-corrected chi connectivity index (χ4v) is 1.97. The molecular weight excluding hydrogens is 184 g/mol. The van der Waals surface area contributed by atoms with Gasteiger partial charge in [-0.15, -0.1) is 0 Å². The molecule has 1 N–H and O–H groups in total. The molecule has 0 aliphatic carbocycles. The van der Waals surface area contributed by atoms with Crippen LogP contribution in [-0.4, -0.2) is 36.1 Å². The van der Waals surface area contributed by atoms with Crippen LogP contribution in [0.1, 0.15) is 48.5 Å². The molecule has 92 valence electrons. The number of rotatable bonds is 7. The Balaban J connectivity index is 4.26. The van der Waals surface area contributed by atoms with Gasteiger partial charge in [-0.25, -0.2) is 0 Å². The molecule has 0 aromatic heterocycles. The Morgan fingerprint density at radius 3 is 2.00 bits per heavy atom. The van der Waals surface area contributed by atoms with Crippen molar-refractivity contribution in [3.8, 4) is 0 Å². The molecule has 0 heterocycles. The van der Waals surface area contributed by atoms with E-state index in [1.807, 2.05) is 0 Å². The third-order valence-electron chi connectivity index (χ3n) is 2.58. The molecule has 0 rings (SSSR count). The van der Waals surface area contributed by atoms with Gasteiger partial charge in [-0.1, -0.05) is 20.8 Å². The van der Waals surface area contributed by atoms with E-state index in [2.05, 4.69) is 58.7 Å². The zero-order valence-corrected chi connectivity index (χ0v) is 11.7. The summed E-state index contributed by atoms with van der Waals surface area (Å²) in [5.74, 6) is 0.741. The van der Waals surface area contributed by atoms with E-state index in [0.717, 1.165) is 19.0 Å². The first-order chi connectivity index (χ1) is 6.78. The van der Waals surface area contributed by atoms with Gasteiger partial charge in [0.15, 0.2) is 0 Å². The highest BCUT2D eigenvalue weighted by Crippen LogP contribution is 2.11. The highest BCUT2D eigenvalue weighted by atomic mass is 15.2. The molecule has 0 saturated heterocycles. The van der Waals surface area contributed by atoms with Crippen molar-refractivity contribution < 1.29 is 0 Å². The van der Waals surface area contributed by atoms with Crippen molar-refractivity contribution in [2.75, 3.05) is 19.6 Å². The van der Waals surface area contributed by atoms with Gasteiger partial charge >= 0.3 is 0 Å². The van der Waals surface area contributed by atoms with Crippen LogP contribution < -0.4 is 5.32 Å². The molecule has 0 aromatic carbocycles. The lowest BCUT2D eigenvalue weighted by atomic mass is 10.0. The lowest BCUT2D eigenvalue weighted by Gasteiger charge is -2.36. The Labute approximate surface area is 96.4 Å². The lowest BCUT2D eigenvalue weighted by Crippen LogP contribution is -2.51. The quantitative estimate of drug-likeness (QED) is 0.701. The van der Waals surface area contributed by atoms with Gasteiger partial charge in [0.25, 0.3) is 0 Å². The van der Waals surface area contributed by atoms with Gasteiger partial charge in [0.1, 0.15) is 0 Å². The topological polar surface area (TPSA) is 15.3 Å². The minimum Gasteiger partial charge on any atom is -0.311 e. The average Bonchev–Trinajstić information content (AvgIpc) is 2.00. The van der Waals surface area contributed by atoms with Crippen LogP contribution in [0.3, 0.4) is 0 Å². The molecule has 0 aliphatic rings. The summed E-state index contributed by atoms with van der Waals surface area (Å²) < 4.78 is 0. The molecule has 0 atom stereocenters. The van der Waals surface area contributed by atoms with E-state index in [4.69, 9.17) is 0 Å². The molecular formula is C13H30N2. The SMILES string of the molecule is CCNC(C)(C)CN(CC(C)C)C(C)C. The van der Waals surface area contributed by atoms with Crippen LogP contribution in [0.25, 0.3) is 0 Å². The Kier molecular flexibility index (Phi) is 6.46. The van der Waals surface area contributed by atoms with Crippen molar-refractivity contribution in [3.63, 3.8) is 0 Å². The van der Waals surface area contributed by atoms with E-state index < -0.39 is 0 Å². The third kappa shape index (κ3) is 6.91. The minimum atomic E-state index is 0.216. The van der Waals surface area contributed by atoms with Crippen molar-refractivity contribution in [3.05, 3.63) is 0 Å². The number of nitrogens with zero attached hydrogens (tertiary/aromatic N) is 1. The van der Waals surface area contributed by atoms with Crippen LogP contribution in [0.15, 0.2) is 0 Å². The summed E-state index contributed by atoms with van der Waals surface area (Å²) in [5, 5.41) is 3.54. The van der Waals surface area contributed by atoms with E-state index in [9.17, 15) is 0 Å². The monoisotopic (exact) mass is 214 g/mol. The molecule has 0 spiro atoms. The predicted molar refractivity (Wildman–Crippen MR) is 69.3 cm³/mol. The van der Waals surface area contributed by atoms with Crippen LogP contribution in [0.5, 0.6) is 0 Å². The summed E-state index contributed by atoms with van der Waals surface area (Å²) in [7, 11) is 0. The molecule has 0 amide bonds. The molecule has 15 heavy (non-hydrogen) atoms. The molecule has 0 radical (unpaired) electrons. The van der Waals surface area contributed by atoms with Gasteiger partial charge in [0.05, 0.1) is 0 Å². The standard InChI is InChI=1S/C13H30N2/c1-8-14-13(6,7)10-15(12(4)5)9-11(2)3/h11-12,14H,8-10H2,1-7H3. The largest absolute Gasteiger partial charge is 0.311 e. The number of likely N-dealkylation sites (N-methyl/N-ethyl adjacent to an activating group) is 1. The van der Waals surface area contributed by atoms with Crippen molar-refractivity contribution in [2.24, 2.45) is 5.92 Å². The maximum Gasteiger partial charge on any atom is 0.0252 e. The maximum absolute atomic E-state index is 3.54. The third-order valence-corrected chi connectivity index (χ3v) is 2.58. The summed E-state index contributed by atoms with van der Waals surface area (Å²) in [4.78, 5) is 2.56. The normalized spacial score (nSPS) is 13.2. The summed E-state index contributed by atoms with van der Waals surface area (Å²) in [6.07, 6.45) is 0. The molecule has 0 aliphatic heterocycles. The minimum absolute atomic E-state index is 0.216. The molecule has 0 saturated carbocycles.